The highest BCUT2D eigenvalue weighted by molar-refractivity contribution is 5.94. The largest absolute Gasteiger partial charge is 0.508 e. The van der Waals surface area contributed by atoms with Gasteiger partial charge in [-0.15, -0.1) is 12.4 Å². The molecule has 2 aromatic carbocycles. The summed E-state index contributed by atoms with van der Waals surface area (Å²) in [6.45, 7) is 2.65. The van der Waals surface area contributed by atoms with Gasteiger partial charge in [0.15, 0.2) is 0 Å². The molecule has 2 aliphatic heterocycles. The van der Waals surface area contributed by atoms with Gasteiger partial charge in [0, 0.05) is 37.2 Å². The van der Waals surface area contributed by atoms with Crippen molar-refractivity contribution in [2.45, 2.75) is 6.04 Å². The molecule has 1 N–H and O–H groups in total. The fourth-order valence-electron chi connectivity index (χ4n) is 4.36. The van der Waals surface area contributed by atoms with Crippen LogP contribution in [0.25, 0.3) is 0 Å². The number of rotatable bonds is 2. The molecule has 2 saturated heterocycles. The Morgan fingerprint density at radius 1 is 1.00 bits per heavy atom. The maximum absolute atomic E-state index is 12.7. The van der Waals surface area contributed by atoms with E-state index in [2.05, 4.69) is 36.2 Å². The first-order valence-corrected chi connectivity index (χ1v) is 8.47. The lowest BCUT2D eigenvalue weighted by atomic mass is 9.90. The van der Waals surface area contributed by atoms with Gasteiger partial charge in [-0.25, -0.2) is 0 Å². The topological polar surface area (TPSA) is 43.8 Å². The monoisotopic (exact) mass is 358 g/mol. The van der Waals surface area contributed by atoms with Crippen LogP contribution in [0.1, 0.15) is 22.0 Å². The van der Waals surface area contributed by atoms with Crippen molar-refractivity contribution < 1.29 is 9.90 Å². The zero-order chi connectivity index (χ0) is 16.7. The zero-order valence-corrected chi connectivity index (χ0v) is 15.0. The summed E-state index contributed by atoms with van der Waals surface area (Å²) in [6, 6.07) is 17.5. The number of nitrogens with zero attached hydrogens (tertiary/aromatic N) is 2. The highest BCUT2D eigenvalue weighted by atomic mass is 35.5. The molecule has 2 heterocycles. The summed E-state index contributed by atoms with van der Waals surface area (Å²) in [5.41, 5.74) is 1.99. The van der Waals surface area contributed by atoms with Crippen LogP contribution in [-0.4, -0.2) is 47.5 Å². The van der Waals surface area contributed by atoms with Gasteiger partial charge >= 0.3 is 0 Å². The molecule has 4 nitrogen and oxygen atoms in total. The van der Waals surface area contributed by atoms with Crippen LogP contribution in [0.5, 0.6) is 5.75 Å². The molecule has 132 valence electrons. The summed E-state index contributed by atoms with van der Waals surface area (Å²) in [4.78, 5) is 17.1. The number of hydrogen-bond acceptors (Lipinski definition) is 3. The number of carbonyl (C=O) groups excluding carboxylic acids is 1. The number of hydrogen-bond donors (Lipinski definition) is 1. The standard InChI is InChI=1S/C20H22N2O2.ClH/c1-21-11-16-12-22(20(24)15-7-9-17(23)10-8-15)13-18(16)19(21)14-5-3-2-4-6-14;/h2-10,16,18-19,23H,11-13H2,1H3;1H/t16-,18+,19-;/m0./s1. The normalized spacial score (nSPS) is 25.5. The quantitative estimate of drug-likeness (QED) is 0.896. The molecule has 25 heavy (non-hydrogen) atoms. The molecule has 5 heteroatoms. The second kappa shape index (κ2) is 7.06. The van der Waals surface area contributed by atoms with Gasteiger partial charge in [-0.3, -0.25) is 9.69 Å². The van der Waals surface area contributed by atoms with Crippen LogP contribution in [0.3, 0.4) is 0 Å². The van der Waals surface area contributed by atoms with Crippen molar-refractivity contribution in [3.63, 3.8) is 0 Å². The number of likely N-dealkylation sites (tertiary alicyclic amines) is 2. The predicted molar refractivity (Wildman–Crippen MR) is 100 cm³/mol. The van der Waals surface area contributed by atoms with Crippen LogP contribution in [0.4, 0.5) is 0 Å². The average Bonchev–Trinajstić information content (AvgIpc) is 3.12. The van der Waals surface area contributed by atoms with Gasteiger partial charge in [0.1, 0.15) is 5.75 Å². The molecular weight excluding hydrogens is 336 g/mol. The Balaban J connectivity index is 0.00000182. The van der Waals surface area contributed by atoms with Crippen molar-refractivity contribution in [3.8, 4) is 5.75 Å². The fourth-order valence-corrected chi connectivity index (χ4v) is 4.36. The van der Waals surface area contributed by atoms with Crippen LogP contribution < -0.4 is 0 Å². The number of phenolic OH excluding ortho intramolecular Hbond substituents is 1. The van der Waals surface area contributed by atoms with E-state index in [9.17, 15) is 9.90 Å². The lowest BCUT2D eigenvalue weighted by Gasteiger charge is -2.27. The van der Waals surface area contributed by atoms with Gasteiger partial charge in [-0.1, -0.05) is 30.3 Å². The molecule has 2 aliphatic rings. The molecular formula is C20H23ClN2O2. The Bertz CT molecular complexity index is 735. The van der Waals surface area contributed by atoms with Gasteiger partial charge in [0.05, 0.1) is 0 Å². The minimum atomic E-state index is 0. The molecule has 0 unspecified atom stereocenters. The third-order valence-corrected chi connectivity index (χ3v) is 5.44. The molecule has 2 fully saturated rings. The van der Waals surface area contributed by atoms with Gasteiger partial charge in [0.2, 0.25) is 0 Å². The molecule has 4 rings (SSSR count). The summed E-state index contributed by atoms with van der Waals surface area (Å²) in [5, 5.41) is 9.39. The first-order valence-electron chi connectivity index (χ1n) is 8.47. The molecule has 0 saturated carbocycles. The third kappa shape index (κ3) is 3.24. The minimum Gasteiger partial charge on any atom is -0.508 e. The Kier molecular flexibility index (Phi) is 5.02. The van der Waals surface area contributed by atoms with E-state index in [1.807, 2.05) is 11.0 Å². The first kappa shape index (κ1) is 17.8. The van der Waals surface area contributed by atoms with E-state index in [1.54, 1.807) is 24.3 Å². The minimum absolute atomic E-state index is 0. The number of phenols is 1. The van der Waals surface area contributed by atoms with Crippen LogP contribution in [0.2, 0.25) is 0 Å². The van der Waals surface area contributed by atoms with Gasteiger partial charge in [-0.2, -0.15) is 0 Å². The van der Waals surface area contributed by atoms with Crippen molar-refractivity contribution in [2.75, 3.05) is 26.7 Å². The van der Waals surface area contributed by atoms with Crippen molar-refractivity contribution in [1.29, 1.82) is 0 Å². The van der Waals surface area contributed by atoms with E-state index in [1.165, 1.54) is 5.56 Å². The van der Waals surface area contributed by atoms with Crippen molar-refractivity contribution in [1.82, 2.24) is 9.80 Å². The molecule has 0 bridgehead atoms. The number of benzene rings is 2. The smallest absolute Gasteiger partial charge is 0.253 e. The van der Waals surface area contributed by atoms with Crippen LogP contribution in [-0.2, 0) is 0 Å². The number of carbonyl (C=O) groups is 1. The Morgan fingerprint density at radius 2 is 1.68 bits per heavy atom. The average molecular weight is 359 g/mol. The molecule has 0 radical (unpaired) electrons. The second-order valence-electron chi connectivity index (χ2n) is 6.98. The Hall–Kier alpha value is -2.04. The summed E-state index contributed by atoms with van der Waals surface area (Å²) in [5.74, 6) is 1.27. The Labute approximate surface area is 154 Å². The van der Waals surface area contributed by atoms with Gasteiger partial charge in [0.25, 0.3) is 5.91 Å². The van der Waals surface area contributed by atoms with Crippen LogP contribution >= 0.6 is 12.4 Å². The van der Waals surface area contributed by atoms with E-state index in [0.717, 1.165) is 19.6 Å². The molecule has 1 amide bonds. The highest BCUT2D eigenvalue weighted by Gasteiger charge is 2.47. The van der Waals surface area contributed by atoms with E-state index >= 15 is 0 Å². The first-order chi connectivity index (χ1) is 11.6. The van der Waals surface area contributed by atoms with Gasteiger partial charge < -0.3 is 10.0 Å². The maximum atomic E-state index is 12.7. The molecule has 2 aromatic rings. The van der Waals surface area contributed by atoms with E-state index in [0.29, 0.717) is 23.4 Å². The summed E-state index contributed by atoms with van der Waals surface area (Å²) in [7, 11) is 2.18. The molecule has 0 aliphatic carbocycles. The zero-order valence-electron chi connectivity index (χ0n) is 14.2. The van der Waals surface area contributed by atoms with Crippen molar-refractivity contribution in [2.24, 2.45) is 11.8 Å². The lowest BCUT2D eigenvalue weighted by molar-refractivity contribution is 0.0768. The van der Waals surface area contributed by atoms with Gasteiger partial charge in [-0.05, 0) is 42.8 Å². The summed E-state index contributed by atoms with van der Waals surface area (Å²) < 4.78 is 0. The molecule has 0 aromatic heterocycles. The SMILES string of the molecule is CN1C[C@H]2CN(C(=O)c3ccc(O)cc3)C[C@H]2[C@@H]1c1ccccc1.Cl. The number of halogens is 1. The number of aromatic hydroxyl groups is 1. The summed E-state index contributed by atoms with van der Waals surface area (Å²) in [6.07, 6.45) is 0. The van der Waals surface area contributed by atoms with Crippen LogP contribution in [0, 0.1) is 11.8 Å². The van der Waals surface area contributed by atoms with Crippen LogP contribution in [0.15, 0.2) is 54.6 Å². The third-order valence-electron chi connectivity index (χ3n) is 5.44. The van der Waals surface area contributed by atoms with E-state index in [-0.39, 0.29) is 24.1 Å². The van der Waals surface area contributed by atoms with E-state index in [4.69, 9.17) is 0 Å². The lowest BCUT2D eigenvalue weighted by Crippen LogP contribution is -2.33. The Morgan fingerprint density at radius 3 is 2.36 bits per heavy atom. The molecule has 3 atom stereocenters. The van der Waals surface area contributed by atoms with E-state index < -0.39 is 0 Å². The predicted octanol–water partition coefficient (Wildman–Crippen LogP) is 3.19. The molecule has 0 spiro atoms. The number of fused-ring (bicyclic) bond motifs is 1. The highest BCUT2D eigenvalue weighted by Crippen LogP contribution is 2.44. The maximum Gasteiger partial charge on any atom is 0.253 e. The number of amides is 1. The van der Waals surface area contributed by atoms with Crippen molar-refractivity contribution >= 4 is 18.3 Å². The second-order valence-corrected chi connectivity index (χ2v) is 6.98. The summed E-state index contributed by atoms with van der Waals surface area (Å²) >= 11 is 0. The van der Waals surface area contributed by atoms with Crippen molar-refractivity contribution in [3.05, 3.63) is 65.7 Å². The fraction of sp³-hybridized carbons (Fsp3) is 0.350.